The van der Waals surface area contributed by atoms with Crippen molar-refractivity contribution < 1.29 is 9.59 Å². The number of nitrogens with two attached hydrogens (primary N) is 1. The maximum atomic E-state index is 11.9. The monoisotopic (exact) mass is 367 g/mol. The zero-order valence-corrected chi connectivity index (χ0v) is 14.9. The fourth-order valence-electron chi connectivity index (χ4n) is 2.09. The van der Waals surface area contributed by atoms with E-state index >= 15 is 0 Å². The van der Waals surface area contributed by atoms with Crippen LogP contribution in [0.15, 0.2) is 47.8 Å². The zero-order chi connectivity index (χ0) is 16.5. The summed E-state index contributed by atoms with van der Waals surface area (Å²) in [6.45, 7) is 1.01. The van der Waals surface area contributed by atoms with E-state index in [1.807, 2.05) is 41.8 Å². The third-order valence-electron chi connectivity index (χ3n) is 3.32. The number of benzene rings is 1. The molecule has 0 saturated carbocycles. The molecule has 0 bridgehead atoms. The summed E-state index contributed by atoms with van der Waals surface area (Å²) in [5.74, 6) is -0.245. The van der Waals surface area contributed by atoms with Crippen LogP contribution in [0.5, 0.6) is 0 Å². The molecule has 0 aliphatic heterocycles. The molecule has 2 rings (SSSR count). The fourth-order valence-corrected chi connectivity index (χ4v) is 2.73. The molecule has 2 aromatic rings. The Morgan fingerprint density at radius 1 is 1.04 bits per heavy atom. The Hall–Kier alpha value is -1.89. The van der Waals surface area contributed by atoms with E-state index in [9.17, 15) is 9.59 Å². The van der Waals surface area contributed by atoms with Gasteiger partial charge in [-0.2, -0.15) is 0 Å². The van der Waals surface area contributed by atoms with Gasteiger partial charge in [0.05, 0.1) is 10.9 Å². The summed E-state index contributed by atoms with van der Waals surface area (Å²) in [5.41, 5.74) is 6.94. The van der Waals surface area contributed by atoms with Gasteiger partial charge in [0.2, 0.25) is 5.91 Å². The summed E-state index contributed by atoms with van der Waals surface area (Å²) in [6, 6.07) is 12.8. The van der Waals surface area contributed by atoms with Gasteiger partial charge >= 0.3 is 0 Å². The van der Waals surface area contributed by atoms with Crippen LogP contribution in [-0.2, 0) is 11.2 Å². The molecule has 7 heteroatoms. The van der Waals surface area contributed by atoms with Crippen molar-refractivity contribution in [2.45, 2.75) is 18.9 Å². The number of hydrogen-bond acceptors (Lipinski definition) is 4. The maximum absolute atomic E-state index is 11.9. The number of hydrogen-bond donors (Lipinski definition) is 3. The van der Waals surface area contributed by atoms with Gasteiger partial charge in [0, 0.05) is 13.1 Å². The number of amides is 2. The van der Waals surface area contributed by atoms with Crippen molar-refractivity contribution in [3.63, 3.8) is 0 Å². The second kappa shape index (κ2) is 10.8. The average molecular weight is 368 g/mol. The van der Waals surface area contributed by atoms with Crippen LogP contribution in [0.25, 0.3) is 0 Å². The molecule has 24 heavy (non-hydrogen) atoms. The van der Waals surface area contributed by atoms with Crippen LogP contribution in [0.2, 0.25) is 0 Å². The summed E-state index contributed by atoms with van der Waals surface area (Å²) in [7, 11) is 0. The number of nitrogens with one attached hydrogen (secondary N) is 2. The molecule has 2 amide bonds. The lowest BCUT2D eigenvalue weighted by molar-refractivity contribution is -0.122. The Labute approximate surface area is 152 Å². The molecule has 0 spiro atoms. The summed E-state index contributed by atoms with van der Waals surface area (Å²) in [4.78, 5) is 24.3. The van der Waals surface area contributed by atoms with Crippen molar-refractivity contribution in [1.82, 2.24) is 10.6 Å². The van der Waals surface area contributed by atoms with Gasteiger partial charge in [-0.25, -0.2) is 0 Å². The Bertz CT molecular complexity index is 620. The Morgan fingerprint density at radius 2 is 1.75 bits per heavy atom. The van der Waals surface area contributed by atoms with Crippen LogP contribution in [-0.4, -0.2) is 30.9 Å². The van der Waals surface area contributed by atoms with Crippen LogP contribution in [0.4, 0.5) is 0 Å². The molecule has 1 aromatic carbocycles. The minimum atomic E-state index is -0.557. The van der Waals surface area contributed by atoms with Crippen LogP contribution in [0, 0.1) is 0 Å². The standard InChI is InChI=1S/C17H21N3O2S.ClH/c18-14(12-13-6-2-1-3-7-13)16(21)19-9-5-10-20-17(22)15-8-4-11-23-15;/h1-4,6-8,11,14H,5,9-10,12,18H2,(H,19,21)(H,20,22);1H/t14-;/m0./s1. The van der Waals surface area contributed by atoms with Crippen molar-refractivity contribution in [2.75, 3.05) is 13.1 Å². The average Bonchev–Trinajstić information content (AvgIpc) is 3.09. The Kier molecular flexibility index (Phi) is 9.07. The highest BCUT2D eigenvalue weighted by atomic mass is 35.5. The zero-order valence-electron chi connectivity index (χ0n) is 13.2. The first-order valence-corrected chi connectivity index (χ1v) is 8.43. The van der Waals surface area contributed by atoms with Gasteiger partial charge in [0.15, 0.2) is 0 Å². The van der Waals surface area contributed by atoms with Crippen LogP contribution in [0.3, 0.4) is 0 Å². The van der Waals surface area contributed by atoms with E-state index < -0.39 is 6.04 Å². The largest absolute Gasteiger partial charge is 0.355 e. The van der Waals surface area contributed by atoms with Crippen molar-refractivity contribution in [3.05, 3.63) is 58.3 Å². The molecule has 0 aliphatic carbocycles. The highest BCUT2D eigenvalue weighted by molar-refractivity contribution is 7.12. The first-order valence-electron chi connectivity index (χ1n) is 7.56. The fraction of sp³-hybridized carbons (Fsp3) is 0.294. The van der Waals surface area contributed by atoms with Crippen LogP contribution in [0.1, 0.15) is 21.7 Å². The van der Waals surface area contributed by atoms with Crippen molar-refractivity contribution in [3.8, 4) is 0 Å². The van der Waals surface area contributed by atoms with E-state index in [-0.39, 0.29) is 24.2 Å². The molecule has 0 unspecified atom stereocenters. The van der Waals surface area contributed by atoms with E-state index in [0.29, 0.717) is 30.8 Å². The van der Waals surface area contributed by atoms with Crippen molar-refractivity contribution in [1.29, 1.82) is 0 Å². The van der Waals surface area contributed by atoms with E-state index in [0.717, 1.165) is 5.56 Å². The van der Waals surface area contributed by atoms with Gasteiger partial charge < -0.3 is 16.4 Å². The summed E-state index contributed by atoms with van der Waals surface area (Å²) in [6.07, 6.45) is 1.18. The quantitative estimate of drug-likeness (QED) is 0.624. The molecule has 0 radical (unpaired) electrons. The first-order chi connectivity index (χ1) is 11.2. The second-order valence-corrected chi connectivity index (χ2v) is 6.12. The molecule has 1 atom stereocenters. The first kappa shape index (κ1) is 20.2. The number of thiophene rings is 1. The number of rotatable bonds is 8. The second-order valence-electron chi connectivity index (χ2n) is 5.17. The molecule has 0 aliphatic rings. The van der Waals surface area contributed by atoms with E-state index in [2.05, 4.69) is 10.6 Å². The van der Waals surface area contributed by atoms with E-state index in [4.69, 9.17) is 5.73 Å². The predicted molar refractivity (Wildman–Crippen MR) is 99.6 cm³/mol. The minimum absolute atomic E-state index is 0. The van der Waals surface area contributed by atoms with Crippen molar-refractivity contribution >= 4 is 35.6 Å². The van der Waals surface area contributed by atoms with Gasteiger partial charge in [-0.1, -0.05) is 36.4 Å². The summed E-state index contributed by atoms with van der Waals surface area (Å²) >= 11 is 1.41. The molecule has 4 N–H and O–H groups in total. The van der Waals surface area contributed by atoms with E-state index in [1.165, 1.54) is 11.3 Å². The highest BCUT2D eigenvalue weighted by Gasteiger charge is 2.13. The smallest absolute Gasteiger partial charge is 0.261 e. The predicted octanol–water partition coefficient (Wildman–Crippen LogP) is 1.98. The maximum Gasteiger partial charge on any atom is 0.261 e. The molecule has 130 valence electrons. The molecule has 5 nitrogen and oxygen atoms in total. The molecule has 0 fully saturated rings. The SMILES string of the molecule is Cl.N[C@@H](Cc1ccccc1)C(=O)NCCCNC(=O)c1cccs1. The lowest BCUT2D eigenvalue weighted by atomic mass is 10.1. The lowest BCUT2D eigenvalue weighted by Crippen LogP contribution is -2.42. The van der Waals surface area contributed by atoms with Gasteiger partial charge in [-0.05, 0) is 29.9 Å². The molecule has 0 saturated heterocycles. The van der Waals surface area contributed by atoms with Crippen LogP contribution >= 0.6 is 23.7 Å². The van der Waals surface area contributed by atoms with Gasteiger partial charge in [-0.3, -0.25) is 9.59 Å². The number of carbonyl (C=O) groups excluding carboxylic acids is 2. The molecule has 1 aromatic heterocycles. The molecular weight excluding hydrogens is 346 g/mol. The number of carbonyl (C=O) groups is 2. The van der Waals surface area contributed by atoms with E-state index in [1.54, 1.807) is 6.07 Å². The highest BCUT2D eigenvalue weighted by Crippen LogP contribution is 2.07. The third kappa shape index (κ3) is 6.70. The van der Waals surface area contributed by atoms with Gasteiger partial charge in [0.25, 0.3) is 5.91 Å². The molecular formula is C17H22ClN3O2S. The molecule has 1 heterocycles. The van der Waals surface area contributed by atoms with Gasteiger partial charge in [-0.15, -0.1) is 23.7 Å². The summed E-state index contributed by atoms with van der Waals surface area (Å²) in [5, 5.41) is 7.48. The third-order valence-corrected chi connectivity index (χ3v) is 4.19. The Balaban J connectivity index is 0.00000288. The topological polar surface area (TPSA) is 84.2 Å². The Morgan fingerprint density at radius 3 is 2.42 bits per heavy atom. The van der Waals surface area contributed by atoms with Gasteiger partial charge in [0.1, 0.15) is 0 Å². The number of halogens is 1. The van der Waals surface area contributed by atoms with Crippen molar-refractivity contribution in [2.24, 2.45) is 5.73 Å². The lowest BCUT2D eigenvalue weighted by Gasteiger charge is -2.12. The minimum Gasteiger partial charge on any atom is -0.355 e. The summed E-state index contributed by atoms with van der Waals surface area (Å²) < 4.78 is 0. The normalized spacial score (nSPS) is 11.2. The van der Waals surface area contributed by atoms with Crippen LogP contribution < -0.4 is 16.4 Å².